The van der Waals surface area contributed by atoms with Gasteiger partial charge in [-0.3, -0.25) is 14.6 Å². The van der Waals surface area contributed by atoms with Gasteiger partial charge in [0.05, 0.1) is 12.7 Å². The maximum atomic E-state index is 13.0. The average Bonchev–Trinajstić information content (AvgIpc) is 3.49. The zero-order valence-electron chi connectivity index (χ0n) is 18.4. The highest BCUT2D eigenvalue weighted by Gasteiger charge is 2.25. The molecule has 0 atom stereocenters. The number of nitrogens with zero attached hydrogens (tertiary/aromatic N) is 4. The van der Waals surface area contributed by atoms with Crippen LogP contribution in [0, 0.1) is 6.92 Å². The summed E-state index contributed by atoms with van der Waals surface area (Å²) in [4.78, 5) is 35.6. The van der Waals surface area contributed by atoms with Gasteiger partial charge in [-0.2, -0.15) is 0 Å². The lowest BCUT2D eigenvalue weighted by atomic mass is 9.94. The van der Waals surface area contributed by atoms with Crippen LogP contribution in [0.4, 0.5) is 0 Å². The van der Waals surface area contributed by atoms with Crippen LogP contribution in [-0.4, -0.2) is 44.6 Å². The lowest BCUT2D eigenvalue weighted by Gasteiger charge is -2.30. The van der Waals surface area contributed by atoms with Gasteiger partial charge in [0.25, 0.3) is 0 Å². The van der Waals surface area contributed by atoms with E-state index in [4.69, 9.17) is 9.47 Å². The Labute approximate surface area is 191 Å². The summed E-state index contributed by atoms with van der Waals surface area (Å²) in [5.74, 6) is 1.38. The summed E-state index contributed by atoms with van der Waals surface area (Å²) < 4.78 is 12.5. The molecule has 1 N–H and O–H groups in total. The Bertz CT molecular complexity index is 1190. The molecule has 5 rings (SSSR count). The van der Waals surface area contributed by atoms with E-state index in [1.807, 2.05) is 36.2 Å². The van der Waals surface area contributed by atoms with Gasteiger partial charge >= 0.3 is 0 Å². The van der Waals surface area contributed by atoms with E-state index in [1.165, 1.54) is 5.56 Å². The fraction of sp³-hybridized carbons (Fsp3) is 0.333. The van der Waals surface area contributed by atoms with Crippen molar-refractivity contribution in [1.82, 2.24) is 24.8 Å². The molecule has 0 saturated carbocycles. The van der Waals surface area contributed by atoms with Crippen LogP contribution < -0.4 is 14.8 Å². The molecule has 2 aromatic heterocycles. The van der Waals surface area contributed by atoms with Crippen LogP contribution in [0.25, 0.3) is 0 Å². The first-order valence-corrected chi connectivity index (χ1v) is 10.9. The molecule has 4 heterocycles. The Morgan fingerprint density at radius 2 is 2.09 bits per heavy atom. The van der Waals surface area contributed by atoms with E-state index < -0.39 is 0 Å². The third kappa shape index (κ3) is 4.52. The van der Waals surface area contributed by atoms with Gasteiger partial charge in [0.15, 0.2) is 11.5 Å². The highest BCUT2D eigenvalue weighted by molar-refractivity contribution is 5.79. The van der Waals surface area contributed by atoms with E-state index in [2.05, 4.69) is 15.3 Å². The maximum Gasteiger partial charge on any atom is 0.240 e. The first-order valence-electron chi connectivity index (χ1n) is 10.9. The fourth-order valence-corrected chi connectivity index (χ4v) is 4.30. The topological polar surface area (TPSA) is 98.6 Å². The Morgan fingerprint density at radius 3 is 2.94 bits per heavy atom. The zero-order valence-corrected chi connectivity index (χ0v) is 18.4. The number of carbonyl (C=O) groups is 2. The Balaban J connectivity index is 1.23. The van der Waals surface area contributed by atoms with Gasteiger partial charge in [0, 0.05) is 43.9 Å². The predicted molar refractivity (Wildman–Crippen MR) is 118 cm³/mol. The predicted octanol–water partition coefficient (Wildman–Crippen LogP) is 1.76. The second kappa shape index (κ2) is 8.93. The maximum absolute atomic E-state index is 13.0. The highest BCUT2D eigenvalue weighted by atomic mass is 16.7. The molecule has 0 fully saturated rings. The molecular weight excluding hydrogens is 422 g/mol. The van der Waals surface area contributed by atoms with E-state index in [0.717, 1.165) is 28.8 Å². The molecule has 3 aromatic rings. The standard InChI is InChI=1S/C24H25N5O4/c1-16-20(11-27-23(30)13-28-7-5-25-14-28)19-4-6-29(12-18(19)10-26-16)24(31)9-17-2-3-21-22(8-17)33-15-32-21/h2-3,5,7-8,10,14H,4,6,9,11-13,15H2,1H3,(H,27,30). The van der Waals surface area contributed by atoms with Crippen molar-refractivity contribution >= 4 is 11.8 Å². The minimum Gasteiger partial charge on any atom is -0.454 e. The Kier molecular flexibility index (Phi) is 5.68. The van der Waals surface area contributed by atoms with Crippen LogP contribution in [0.2, 0.25) is 0 Å². The van der Waals surface area contributed by atoms with Gasteiger partial charge in [-0.15, -0.1) is 0 Å². The van der Waals surface area contributed by atoms with Crippen LogP contribution in [0.15, 0.2) is 43.1 Å². The summed E-state index contributed by atoms with van der Waals surface area (Å²) in [5.41, 5.74) is 5.05. The quantitative estimate of drug-likeness (QED) is 0.618. The van der Waals surface area contributed by atoms with Crippen LogP contribution in [0.3, 0.4) is 0 Å². The SMILES string of the molecule is Cc1ncc2c(c1CNC(=O)Cn1ccnc1)CCN(C(=O)Cc1ccc3c(c1)OCO3)C2. The van der Waals surface area contributed by atoms with Crippen molar-refractivity contribution < 1.29 is 19.1 Å². The lowest BCUT2D eigenvalue weighted by molar-refractivity contribution is -0.131. The molecule has 1 aromatic carbocycles. The summed E-state index contributed by atoms with van der Waals surface area (Å²) in [7, 11) is 0. The smallest absolute Gasteiger partial charge is 0.240 e. The molecule has 9 nitrogen and oxygen atoms in total. The molecule has 33 heavy (non-hydrogen) atoms. The van der Waals surface area contributed by atoms with Crippen molar-refractivity contribution in [2.24, 2.45) is 0 Å². The third-order valence-electron chi connectivity index (χ3n) is 6.09. The van der Waals surface area contributed by atoms with Gasteiger partial charge in [-0.25, -0.2) is 4.98 Å². The van der Waals surface area contributed by atoms with E-state index in [0.29, 0.717) is 37.6 Å². The number of imidazole rings is 1. The third-order valence-corrected chi connectivity index (χ3v) is 6.09. The first kappa shape index (κ1) is 21.0. The molecule has 0 saturated heterocycles. The number of aryl methyl sites for hydroxylation is 1. The number of rotatable bonds is 6. The number of fused-ring (bicyclic) bond motifs is 2. The highest BCUT2D eigenvalue weighted by Crippen LogP contribution is 2.33. The number of nitrogens with one attached hydrogen (secondary N) is 1. The van der Waals surface area contributed by atoms with E-state index >= 15 is 0 Å². The normalized spacial score (nSPS) is 14.2. The molecular formula is C24H25N5O4. The largest absolute Gasteiger partial charge is 0.454 e. The summed E-state index contributed by atoms with van der Waals surface area (Å²) in [6.07, 6.45) is 7.91. The molecule has 2 amide bonds. The molecule has 0 spiro atoms. The van der Waals surface area contributed by atoms with Crippen molar-refractivity contribution in [3.63, 3.8) is 0 Å². The molecule has 0 unspecified atom stereocenters. The number of hydrogen-bond acceptors (Lipinski definition) is 6. The van der Waals surface area contributed by atoms with Crippen LogP contribution in [0.1, 0.15) is 27.9 Å². The number of carbonyl (C=O) groups excluding carboxylic acids is 2. The molecule has 2 aliphatic heterocycles. The van der Waals surface area contributed by atoms with Gasteiger partial charge < -0.3 is 24.3 Å². The van der Waals surface area contributed by atoms with E-state index in [9.17, 15) is 9.59 Å². The first-order chi connectivity index (χ1) is 16.1. The average molecular weight is 447 g/mol. The van der Waals surface area contributed by atoms with E-state index in [-0.39, 0.29) is 25.2 Å². The van der Waals surface area contributed by atoms with Crippen molar-refractivity contribution in [3.05, 3.63) is 71.1 Å². The summed E-state index contributed by atoms with van der Waals surface area (Å²) in [6, 6.07) is 5.61. The van der Waals surface area contributed by atoms with Crippen molar-refractivity contribution in [3.8, 4) is 11.5 Å². The molecule has 9 heteroatoms. The molecule has 0 aliphatic carbocycles. The number of hydrogen-bond donors (Lipinski definition) is 1. The summed E-state index contributed by atoms with van der Waals surface area (Å²) >= 11 is 0. The van der Waals surface area contributed by atoms with Crippen LogP contribution >= 0.6 is 0 Å². The van der Waals surface area contributed by atoms with Crippen LogP contribution in [0.5, 0.6) is 11.5 Å². The van der Waals surface area contributed by atoms with Crippen LogP contribution in [-0.2, 0) is 42.1 Å². The fourth-order valence-electron chi connectivity index (χ4n) is 4.30. The van der Waals surface area contributed by atoms with E-state index in [1.54, 1.807) is 23.3 Å². The second-order valence-corrected chi connectivity index (χ2v) is 8.27. The summed E-state index contributed by atoms with van der Waals surface area (Å²) in [5, 5.41) is 2.99. The molecule has 170 valence electrons. The van der Waals surface area contributed by atoms with Gasteiger partial charge in [0.1, 0.15) is 6.54 Å². The number of benzene rings is 1. The number of amides is 2. The zero-order chi connectivity index (χ0) is 22.8. The molecule has 0 radical (unpaired) electrons. The Hall–Kier alpha value is -3.88. The van der Waals surface area contributed by atoms with Crippen molar-refractivity contribution in [2.75, 3.05) is 13.3 Å². The monoisotopic (exact) mass is 447 g/mol. The lowest BCUT2D eigenvalue weighted by Crippen LogP contribution is -2.38. The second-order valence-electron chi connectivity index (χ2n) is 8.27. The van der Waals surface area contributed by atoms with Gasteiger partial charge in [-0.05, 0) is 47.7 Å². The van der Waals surface area contributed by atoms with Gasteiger partial charge in [-0.1, -0.05) is 6.07 Å². The minimum absolute atomic E-state index is 0.0651. The molecule has 2 aliphatic rings. The van der Waals surface area contributed by atoms with Crippen molar-refractivity contribution in [2.45, 2.75) is 39.4 Å². The van der Waals surface area contributed by atoms with Crippen molar-refractivity contribution in [1.29, 1.82) is 0 Å². The summed E-state index contributed by atoms with van der Waals surface area (Å²) in [6.45, 7) is 3.96. The minimum atomic E-state index is -0.0821. The Morgan fingerprint density at radius 1 is 1.21 bits per heavy atom. The number of ether oxygens (including phenoxy) is 2. The number of aromatic nitrogens is 3. The molecule has 0 bridgehead atoms. The number of pyridine rings is 1. The van der Waals surface area contributed by atoms with Gasteiger partial charge in [0.2, 0.25) is 18.6 Å².